The van der Waals surface area contributed by atoms with Gasteiger partial charge in [-0.25, -0.2) is 13.6 Å². The molecule has 0 aliphatic heterocycles. The zero-order valence-corrected chi connectivity index (χ0v) is 10.5. The average molecular weight is 289 g/mol. The molecule has 3 N–H and O–H groups in total. The van der Waals surface area contributed by atoms with E-state index >= 15 is 0 Å². The van der Waals surface area contributed by atoms with Crippen molar-refractivity contribution in [3.8, 4) is 0 Å². The number of carbonyl (C=O) groups is 1. The lowest BCUT2D eigenvalue weighted by Crippen LogP contribution is -2.13. The third-order valence-electron chi connectivity index (χ3n) is 2.97. The Labute approximate surface area is 116 Å². The van der Waals surface area contributed by atoms with Crippen LogP contribution in [0, 0.1) is 11.6 Å². The first-order valence-corrected chi connectivity index (χ1v) is 6.02. The fourth-order valence-electron chi connectivity index (χ4n) is 2.02. The van der Waals surface area contributed by atoms with Crippen LogP contribution in [0.1, 0.15) is 10.4 Å². The number of nitrogens with one attached hydrogen (secondary N) is 3. The third kappa shape index (κ3) is 2.40. The predicted molar refractivity (Wildman–Crippen MR) is 73.2 cm³/mol. The number of hydrogen-bond acceptors (Lipinski definition) is 2. The predicted octanol–water partition coefficient (Wildman–Crippen LogP) is 2.39. The summed E-state index contributed by atoms with van der Waals surface area (Å²) in [5, 5.41) is 2.45. The van der Waals surface area contributed by atoms with Crippen LogP contribution in [0.25, 0.3) is 11.0 Å². The number of halogens is 2. The van der Waals surface area contributed by atoms with Crippen LogP contribution in [0.4, 0.5) is 14.5 Å². The number of amides is 1. The second-order valence-corrected chi connectivity index (χ2v) is 4.39. The van der Waals surface area contributed by atoms with E-state index in [2.05, 4.69) is 15.3 Å². The van der Waals surface area contributed by atoms with Crippen LogP contribution in [0.2, 0.25) is 0 Å². The highest BCUT2D eigenvalue weighted by Crippen LogP contribution is 2.17. The van der Waals surface area contributed by atoms with Crippen molar-refractivity contribution in [2.24, 2.45) is 0 Å². The quantitative estimate of drug-likeness (QED) is 0.677. The Bertz CT molecular complexity index is 899. The van der Waals surface area contributed by atoms with Gasteiger partial charge >= 0.3 is 5.69 Å². The molecule has 3 rings (SSSR count). The maximum Gasteiger partial charge on any atom is 0.323 e. The minimum Gasteiger partial charge on any atom is -0.322 e. The molecule has 0 atom stereocenters. The van der Waals surface area contributed by atoms with E-state index in [1.165, 1.54) is 12.1 Å². The summed E-state index contributed by atoms with van der Waals surface area (Å²) in [5.41, 5.74) is 0.739. The minimum absolute atomic E-state index is 0.119. The molecule has 1 aromatic heterocycles. The molecule has 7 heteroatoms. The molecule has 0 fully saturated rings. The van der Waals surface area contributed by atoms with Crippen LogP contribution >= 0.6 is 0 Å². The molecule has 0 spiro atoms. The molecule has 0 radical (unpaired) electrons. The van der Waals surface area contributed by atoms with Gasteiger partial charge < -0.3 is 15.3 Å². The standard InChI is InChI=1S/C14H9F2N3O2/c15-9-5-4-7(6-10(9)16)17-13(20)8-2-1-3-11-12(8)19-14(21)18-11/h1-6H,(H,17,20)(H2,18,19,21). The molecule has 1 heterocycles. The van der Waals surface area contributed by atoms with Gasteiger partial charge in [-0.15, -0.1) is 0 Å². The van der Waals surface area contributed by atoms with Gasteiger partial charge in [0, 0.05) is 11.8 Å². The van der Waals surface area contributed by atoms with Crippen molar-refractivity contribution in [3.63, 3.8) is 0 Å². The van der Waals surface area contributed by atoms with E-state index in [1.54, 1.807) is 12.1 Å². The average Bonchev–Trinajstić information content (AvgIpc) is 2.82. The Hall–Kier alpha value is -2.96. The molecule has 0 aliphatic rings. The van der Waals surface area contributed by atoms with Crippen molar-refractivity contribution < 1.29 is 13.6 Å². The number of benzene rings is 2. The summed E-state index contributed by atoms with van der Waals surface area (Å²) in [6, 6.07) is 7.81. The lowest BCUT2D eigenvalue weighted by atomic mass is 10.1. The summed E-state index contributed by atoms with van der Waals surface area (Å²) in [6.07, 6.45) is 0. The van der Waals surface area contributed by atoms with Crippen LogP contribution in [-0.2, 0) is 0 Å². The highest BCUT2D eigenvalue weighted by atomic mass is 19.2. The van der Waals surface area contributed by atoms with E-state index in [0.717, 1.165) is 12.1 Å². The van der Waals surface area contributed by atoms with Gasteiger partial charge in [0.05, 0.1) is 16.6 Å². The first kappa shape index (κ1) is 13.0. The summed E-state index contributed by atoms with van der Waals surface area (Å²) >= 11 is 0. The van der Waals surface area contributed by atoms with E-state index < -0.39 is 23.2 Å². The van der Waals surface area contributed by atoms with Gasteiger partial charge in [-0.3, -0.25) is 4.79 Å². The highest BCUT2D eigenvalue weighted by Gasteiger charge is 2.13. The van der Waals surface area contributed by atoms with E-state index in [9.17, 15) is 18.4 Å². The summed E-state index contributed by atoms with van der Waals surface area (Å²) in [4.78, 5) is 28.5. The van der Waals surface area contributed by atoms with Crippen molar-refractivity contribution in [3.05, 3.63) is 64.1 Å². The maximum absolute atomic E-state index is 13.1. The summed E-state index contributed by atoms with van der Waals surface area (Å²) in [5.74, 6) is -2.59. The lowest BCUT2D eigenvalue weighted by Gasteiger charge is -2.06. The number of aromatic amines is 2. The third-order valence-corrected chi connectivity index (χ3v) is 2.97. The molecular weight excluding hydrogens is 280 g/mol. The second-order valence-electron chi connectivity index (χ2n) is 4.39. The minimum atomic E-state index is -1.05. The largest absolute Gasteiger partial charge is 0.323 e. The molecule has 2 aromatic carbocycles. The first-order valence-electron chi connectivity index (χ1n) is 6.02. The summed E-state index contributed by atoms with van der Waals surface area (Å²) < 4.78 is 25.9. The monoisotopic (exact) mass is 289 g/mol. The molecular formula is C14H9F2N3O2. The molecule has 0 saturated carbocycles. The SMILES string of the molecule is O=C(Nc1ccc(F)c(F)c1)c1cccc2[nH]c(=O)[nH]c12. The Morgan fingerprint density at radius 2 is 1.86 bits per heavy atom. The molecule has 0 saturated heterocycles. The number of rotatable bonds is 2. The first-order chi connectivity index (χ1) is 10.0. The topological polar surface area (TPSA) is 77.8 Å². The molecule has 5 nitrogen and oxygen atoms in total. The summed E-state index contributed by atoms with van der Waals surface area (Å²) in [7, 11) is 0. The number of H-pyrrole nitrogens is 2. The van der Waals surface area contributed by atoms with Crippen LogP contribution in [0.15, 0.2) is 41.2 Å². The number of hydrogen-bond donors (Lipinski definition) is 3. The van der Waals surface area contributed by atoms with E-state index in [4.69, 9.17) is 0 Å². The number of para-hydroxylation sites is 1. The van der Waals surface area contributed by atoms with Crippen LogP contribution in [0.5, 0.6) is 0 Å². The zero-order chi connectivity index (χ0) is 15.0. The fourth-order valence-corrected chi connectivity index (χ4v) is 2.02. The number of carbonyl (C=O) groups excluding carboxylic acids is 1. The number of anilines is 1. The normalized spacial score (nSPS) is 10.8. The molecule has 0 unspecified atom stereocenters. The van der Waals surface area contributed by atoms with Gasteiger partial charge in [0.1, 0.15) is 0 Å². The van der Waals surface area contributed by atoms with Gasteiger partial charge in [-0.1, -0.05) is 6.07 Å². The Kier molecular flexibility index (Phi) is 3.02. The van der Waals surface area contributed by atoms with Crippen LogP contribution in [0.3, 0.4) is 0 Å². The Morgan fingerprint density at radius 3 is 2.62 bits per heavy atom. The van der Waals surface area contributed by atoms with Crippen molar-refractivity contribution >= 4 is 22.6 Å². The van der Waals surface area contributed by atoms with E-state index in [0.29, 0.717) is 11.0 Å². The molecule has 3 aromatic rings. The van der Waals surface area contributed by atoms with E-state index in [1.807, 2.05) is 0 Å². The van der Waals surface area contributed by atoms with Crippen LogP contribution in [-0.4, -0.2) is 15.9 Å². The van der Waals surface area contributed by atoms with Gasteiger partial charge in [0.2, 0.25) is 0 Å². The fraction of sp³-hybridized carbons (Fsp3) is 0. The molecule has 1 amide bonds. The highest BCUT2D eigenvalue weighted by molar-refractivity contribution is 6.11. The van der Waals surface area contributed by atoms with Gasteiger partial charge in [0.25, 0.3) is 5.91 Å². The molecule has 0 aliphatic carbocycles. The van der Waals surface area contributed by atoms with Gasteiger partial charge in [-0.2, -0.15) is 0 Å². The zero-order valence-electron chi connectivity index (χ0n) is 10.5. The van der Waals surface area contributed by atoms with Crippen LogP contribution < -0.4 is 11.0 Å². The van der Waals surface area contributed by atoms with E-state index in [-0.39, 0.29) is 11.3 Å². The number of fused-ring (bicyclic) bond motifs is 1. The molecule has 21 heavy (non-hydrogen) atoms. The van der Waals surface area contributed by atoms with Crippen molar-refractivity contribution in [2.45, 2.75) is 0 Å². The second kappa shape index (κ2) is 4.86. The number of imidazole rings is 1. The van der Waals surface area contributed by atoms with Crippen molar-refractivity contribution in [1.82, 2.24) is 9.97 Å². The molecule has 106 valence electrons. The smallest absolute Gasteiger partial charge is 0.322 e. The van der Waals surface area contributed by atoms with Crippen molar-refractivity contribution in [1.29, 1.82) is 0 Å². The number of aromatic nitrogens is 2. The Morgan fingerprint density at radius 1 is 1.05 bits per heavy atom. The molecule has 0 bridgehead atoms. The van der Waals surface area contributed by atoms with Crippen molar-refractivity contribution in [2.75, 3.05) is 5.32 Å². The van der Waals surface area contributed by atoms with Gasteiger partial charge in [0.15, 0.2) is 11.6 Å². The Balaban J connectivity index is 1.97. The summed E-state index contributed by atoms with van der Waals surface area (Å²) in [6.45, 7) is 0. The lowest BCUT2D eigenvalue weighted by molar-refractivity contribution is 0.102. The van der Waals surface area contributed by atoms with Gasteiger partial charge in [-0.05, 0) is 24.3 Å². The maximum atomic E-state index is 13.1.